The molecule has 0 aromatic carbocycles. The maximum Gasteiger partial charge on any atom is 0.297 e. The highest BCUT2D eigenvalue weighted by atomic mass is 28.4. The van der Waals surface area contributed by atoms with E-state index in [1.54, 1.807) is 33.7 Å². The highest BCUT2D eigenvalue weighted by Gasteiger charge is 2.28. The highest BCUT2D eigenvalue weighted by molar-refractivity contribution is 6.84. The maximum atomic E-state index is 6.20. The fraction of sp³-hybridized carbons (Fsp3) is 0.871. The zero-order valence-corrected chi connectivity index (χ0v) is 36.9. The molecule has 14 heteroatoms. The molecule has 9 nitrogen and oxygen atoms in total. The summed E-state index contributed by atoms with van der Waals surface area (Å²) < 4.78 is 47.7. The maximum absolute atomic E-state index is 6.20. The van der Waals surface area contributed by atoms with Gasteiger partial charge < -0.3 is 40.8 Å². The van der Waals surface area contributed by atoms with Crippen molar-refractivity contribution in [3.8, 4) is 0 Å². The van der Waals surface area contributed by atoms with Crippen molar-refractivity contribution in [2.24, 2.45) is 0 Å². The molecule has 0 fully saturated rings. The molecule has 0 spiro atoms. The SMILES string of the molecule is C.C=CCOCCOC.CCCOCCOC.COCCO/C=C/C[Si](C)(C)O[Si](C)(C)C.C[SiH](O[Si](C)(C)C)O[Si](C)(C)C. The van der Waals surface area contributed by atoms with E-state index in [1.807, 2.05) is 0 Å². The van der Waals surface area contributed by atoms with Gasteiger partial charge in [-0.3, -0.25) is 0 Å². The van der Waals surface area contributed by atoms with Crippen LogP contribution in [0.25, 0.3) is 0 Å². The van der Waals surface area contributed by atoms with E-state index in [4.69, 9.17) is 40.8 Å². The largest absolute Gasteiger partial charge is 0.499 e. The van der Waals surface area contributed by atoms with E-state index in [1.165, 1.54) is 0 Å². The number of hydrogen-bond donors (Lipinski definition) is 0. The van der Waals surface area contributed by atoms with E-state index in [2.05, 4.69) is 98.1 Å². The van der Waals surface area contributed by atoms with Crippen LogP contribution >= 0.6 is 0 Å². The van der Waals surface area contributed by atoms with Crippen molar-refractivity contribution in [2.45, 2.75) is 105 Å². The summed E-state index contributed by atoms with van der Waals surface area (Å²) in [6.45, 7) is 37.7. The zero-order valence-electron chi connectivity index (χ0n) is 31.8. The second-order valence-corrected chi connectivity index (χ2v) is 33.8. The molecule has 0 saturated heterocycles. The van der Waals surface area contributed by atoms with Gasteiger partial charge in [-0.1, -0.05) is 26.5 Å². The van der Waals surface area contributed by atoms with Crippen LogP contribution in [0.3, 0.4) is 0 Å². The Morgan fingerprint density at radius 3 is 1.44 bits per heavy atom. The van der Waals surface area contributed by atoms with Gasteiger partial charge in [0.2, 0.25) is 0 Å². The summed E-state index contributed by atoms with van der Waals surface area (Å²) in [7, 11) is -2.00. The fourth-order valence-corrected chi connectivity index (χ4v) is 19.4. The third-order valence-corrected chi connectivity index (χ3v) is 18.5. The van der Waals surface area contributed by atoms with Crippen molar-refractivity contribution in [3.63, 3.8) is 0 Å². The van der Waals surface area contributed by atoms with Gasteiger partial charge in [0, 0.05) is 27.9 Å². The Balaban J connectivity index is -0.000000164. The van der Waals surface area contributed by atoms with Crippen LogP contribution in [0.5, 0.6) is 0 Å². The third-order valence-electron chi connectivity index (χ3n) is 4.28. The van der Waals surface area contributed by atoms with Gasteiger partial charge >= 0.3 is 0 Å². The number of rotatable bonds is 22. The lowest BCUT2D eigenvalue weighted by Gasteiger charge is -2.30. The summed E-state index contributed by atoms with van der Waals surface area (Å²) in [5.74, 6) is 0. The van der Waals surface area contributed by atoms with E-state index in [9.17, 15) is 0 Å². The van der Waals surface area contributed by atoms with Crippen molar-refractivity contribution in [3.05, 3.63) is 25.0 Å². The molecule has 0 heterocycles. The minimum absolute atomic E-state index is 0. The van der Waals surface area contributed by atoms with Gasteiger partial charge in [-0.25, -0.2) is 0 Å². The summed E-state index contributed by atoms with van der Waals surface area (Å²) in [6, 6.07) is 1.00. The number of allylic oxidation sites excluding steroid dienone is 1. The van der Waals surface area contributed by atoms with Crippen molar-refractivity contribution in [2.75, 3.05) is 74.2 Å². The summed E-state index contributed by atoms with van der Waals surface area (Å²) in [5.41, 5.74) is 0. The van der Waals surface area contributed by atoms with Crippen molar-refractivity contribution in [1.29, 1.82) is 0 Å². The molecule has 276 valence electrons. The molecule has 0 amide bonds. The summed E-state index contributed by atoms with van der Waals surface area (Å²) in [4.78, 5) is 0. The Kier molecular flexibility index (Phi) is 41.1. The first-order valence-corrected chi connectivity index (χ1v) is 31.2. The Morgan fingerprint density at radius 1 is 0.622 bits per heavy atom. The van der Waals surface area contributed by atoms with Crippen LogP contribution in [-0.4, -0.2) is 117 Å². The second-order valence-electron chi connectivity index (χ2n) is 13.4. The van der Waals surface area contributed by atoms with E-state index in [-0.39, 0.29) is 7.43 Å². The molecule has 45 heavy (non-hydrogen) atoms. The third kappa shape index (κ3) is 63.4. The lowest BCUT2D eigenvalue weighted by molar-refractivity contribution is 0.0710. The number of methoxy groups -OCH3 is 3. The molecule has 0 unspecified atom stereocenters. The van der Waals surface area contributed by atoms with Crippen molar-refractivity contribution >= 4 is 42.6 Å². The van der Waals surface area contributed by atoms with E-state index in [0.717, 1.165) is 25.7 Å². The first kappa shape index (κ1) is 54.5. The molecular weight excluding hydrogens is 657 g/mol. The zero-order chi connectivity index (χ0) is 35.1. The predicted molar refractivity (Wildman–Crippen MR) is 208 cm³/mol. The molecule has 0 aliphatic heterocycles. The standard InChI is InChI=1S/C11H26O3Si2.C7H22O2Si3.C6H14O2.C6H12O2.CH4/c1-12-9-10-13-8-7-11-16(5,6)14-15(2,3)4;1-10(8-11(2,3)4)9-12(5,6)7;2*1-3-4-8-6-5-7-2;/h7-8H,9-11H2,1-6H3;10H,1-7H3;3-6H2,1-2H3;3H,1,4-6H2,2H3;1H4/b8-7+;;;;. The van der Waals surface area contributed by atoms with Crippen LogP contribution in [0.2, 0.25) is 84.6 Å². The molecule has 0 aliphatic carbocycles. The minimum Gasteiger partial charge on any atom is -0.499 e. The monoisotopic (exact) mass is 734 g/mol. The number of ether oxygens (including phenoxy) is 6. The average molecular weight is 735 g/mol. The summed E-state index contributed by atoms with van der Waals surface area (Å²) in [5, 5.41) is 0. The summed E-state index contributed by atoms with van der Waals surface area (Å²) >= 11 is 0. The lowest BCUT2D eigenvalue weighted by Crippen LogP contribution is -2.41. The van der Waals surface area contributed by atoms with Gasteiger partial charge in [-0.2, -0.15) is 0 Å². The second kappa shape index (κ2) is 33.9. The van der Waals surface area contributed by atoms with Crippen LogP contribution in [0, 0.1) is 0 Å². The topological polar surface area (TPSA) is 83.1 Å². The van der Waals surface area contributed by atoms with Crippen LogP contribution in [-0.2, 0) is 40.8 Å². The van der Waals surface area contributed by atoms with E-state index < -0.39 is 42.6 Å². The lowest BCUT2D eigenvalue weighted by atomic mass is 10.5. The van der Waals surface area contributed by atoms with Crippen LogP contribution in [0.15, 0.2) is 25.0 Å². The first-order chi connectivity index (χ1) is 20.2. The quantitative estimate of drug-likeness (QED) is 0.0472. The first-order valence-electron chi connectivity index (χ1n) is 15.8. The molecule has 0 aromatic heterocycles. The molecule has 0 rings (SSSR count). The van der Waals surface area contributed by atoms with Crippen LogP contribution in [0.4, 0.5) is 0 Å². The minimum atomic E-state index is -1.54. The Labute approximate surface area is 287 Å². The fourth-order valence-electron chi connectivity index (χ4n) is 3.19. The Bertz CT molecular complexity index is 614. The normalized spacial score (nSPS) is 11.8. The van der Waals surface area contributed by atoms with Crippen LogP contribution < -0.4 is 0 Å². The molecular formula is C31H78O9Si5. The number of hydrogen-bond acceptors (Lipinski definition) is 9. The van der Waals surface area contributed by atoms with Crippen LogP contribution in [0.1, 0.15) is 20.8 Å². The molecule has 0 aromatic rings. The van der Waals surface area contributed by atoms with Gasteiger partial charge in [-0.05, 0) is 91.0 Å². The molecule has 0 saturated carbocycles. The van der Waals surface area contributed by atoms with Gasteiger partial charge in [0.05, 0.1) is 45.9 Å². The van der Waals surface area contributed by atoms with Crippen molar-refractivity contribution < 1.29 is 40.8 Å². The van der Waals surface area contributed by atoms with E-state index in [0.29, 0.717) is 39.6 Å². The van der Waals surface area contributed by atoms with Crippen molar-refractivity contribution in [1.82, 2.24) is 0 Å². The van der Waals surface area contributed by atoms with Gasteiger partial charge in [0.1, 0.15) is 6.61 Å². The highest BCUT2D eigenvalue weighted by Crippen LogP contribution is 2.18. The van der Waals surface area contributed by atoms with Gasteiger partial charge in [-0.15, -0.1) is 6.58 Å². The Hall–Kier alpha value is 0.0444. The molecule has 0 aliphatic rings. The molecule has 0 atom stereocenters. The predicted octanol–water partition coefficient (Wildman–Crippen LogP) is 8.29. The van der Waals surface area contributed by atoms with Gasteiger partial charge in [0.25, 0.3) is 9.28 Å². The average Bonchev–Trinajstić information content (AvgIpc) is 2.84. The summed E-state index contributed by atoms with van der Waals surface area (Å²) in [6.07, 6.45) is 6.64. The molecule has 0 bridgehead atoms. The smallest absolute Gasteiger partial charge is 0.297 e. The van der Waals surface area contributed by atoms with Gasteiger partial charge in [0.15, 0.2) is 33.3 Å². The molecule has 0 radical (unpaired) electrons. The molecule has 0 N–H and O–H groups in total. The Morgan fingerprint density at radius 2 is 1.07 bits per heavy atom. The van der Waals surface area contributed by atoms with E-state index >= 15 is 0 Å².